The molecule has 22 heavy (non-hydrogen) atoms. The van der Waals surface area contributed by atoms with Crippen LogP contribution >= 0.6 is 11.3 Å². The lowest BCUT2D eigenvalue weighted by molar-refractivity contribution is 0.627. The molecule has 0 bridgehead atoms. The molecular weight excluding hydrogens is 295 g/mol. The highest BCUT2D eigenvalue weighted by molar-refractivity contribution is 7.07. The van der Waals surface area contributed by atoms with Crippen LogP contribution < -0.4 is 4.80 Å². The molecule has 0 aliphatic carbocycles. The van der Waals surface area contributed by atoms with Gasteiger partial charge < -0.3 is 4.57 Å². The van der Waals surface area contributed by atoms with Crippen molar-refractivity contribution in [2.24, 2.45) is 4.99 Å². The Kier molecular flexibility index (Phi) is 4.49. The second kappa shape index (κ2) is 6.71. The monoisotopic (exact) mass is 312 g/mol. The average Bonchev–Trinajstić information content (AvgIpc) is 2.92. The van der Waals surface area contributed by atoms with Crippen molar-refractivity contribution in [1.82, 2.24) is 4.57 Å². The molecule has 2 aromatic carbocycles. The molecule has 3 aromatic rings. The van der Waals surface area contributed by atoms with Gasteiger partial charge in [-0.25, -0.2) is 9.38 Å². The van der Waals surface area contributed by atoms with Gasteiger partial charge in [0.25, 0.3) is 0 Å². The second-order valence-corrected chi connectivity index (χ2v) is 5.85. The largest absolute Gasteiger partial charge is 0.316 e. The Morgan fingerprint density at radius 1 is 1.05 bits per heavy atom. The highest BCUT2D eigenvalue weighted by Gasteiger charge is 2.07. The van der Waals surface area contributed by atoms with E-state index in [0.717, 1.165) is 34.7 Å². The van der Waals surface area contributed by atoms with E-state index >= 15 is 0 Å². The first-order valence-corrected chi connectivity index (χ1v) is 8.20. The summed E-state index contributed by atoms with van der Waals surface area (Å²) >= 11 is 1.61. The van der Waals surface area contributed by atoms with E-state index in [-0.39, 0.29) is 5.82 Å². The summed E-state index contributed by atoms with van der Waals surface area (Å²) in [6, 6.07) is 16.6. The van der Waals surface area contributed by atoms with E-state index in [0.29, 0.717) is 0 Å². The van der Waals surface area contributed by atoms with Gasteiger partial charge in [0.1, 0.15) is 5.82 Å². The minimum Gasteiger partial charge on any atom is -0.316 e. The van der Waals surface area contributed by atoms with Gasteiger partial charge in [-0.15, -0.1) is 11.3 Å². The molecule has 0 amide bonds. The standard InChI is InChI=1S/C18H17FN2S/c1-2-12-21-17(14-8-10-15(19)11-9-14)13-22-18(21)20-16-6-4-3-5-7-16/h3-11,13H,2,12H2,1H3. The van der Waals surface area contributed by atoms with Crippen LogP contribution in [0.25, 0.3) is 11.3 Å². The maximum atomic E-state index is 13.1. The number of aromatic nitrogens is 1. The molecule has 1 heterocycles. The minimum absolute atomic E-state index is 0.213. The third-order valence-corrected chi connectivity index (χ3v) is 4.23. The van der Waals surface area contributed by atoms with E-state index in [4.69, 9.17) is 4.99 Å². The Morgan fingerprint density at radius 3 is 2.45 bits per heavy atom. The van der Waals surface area contributed by atoms with Crippen molar-refractivity contribution in [3.63, 3.8) is 0 Å². The lowest BCUT2D eigenvalue weighted by Gasteiger charge is -2.07. The zero-order valence-corrected chi connectivity index (χ0v) is 13.2. The van der Waals surface area contributed by atoms with Crippen molar-refractivity contribution >= 4 is 17.0 Å². The average molecular weight is 312 g/mol. The summed E-state index contributed by atoms with van der Waals surface area (Å²) in [6.07, 6.45) is 1.02. The molecule has 0 atom stereocenters. The Labute approximate surface area is 133 Å². The summed E-state index contributed by atoms with van der Waals surface area (Å²) in [5, 5.41) is 2.09. The van der Waals surface area contributed by atoms with E-state index in [1.165, 1.54) is 12.1 Å². The van der Waals surface area contributed by atoms with Crippen LogP contribution in [-0.2, 0) is 6.54 Å². The molecule has 1 aromatic heterocycles. The van der Waals surface area contributed by atoms with Gasteiger partial charge in [0, 0.05) is 11.9 Å². The zero-order valence-electron chi connectivity index (χ0n) is 12.4. The van der Waals surface area contributed by atoms with Crippen LogP contribution in [0.3, 0.4) is 0 Å². The smallest absolute Gasteiger partial charge is 0.190 e. The van der Waals surface area contributed by atoms with Crippen molar-refractivity contribution in [1.29, 1.82) is 0 Å². The maximum absolute atomic E-state index is 13.1. The molecule has 0 unspecified atom stereocenters. The molecular formula is C18H17FN2S. The van der Waals surface area contributed by atoms with Crippen LogP contribution in [0.1, 0.15) is 13.3 Å². The van der Waals surface area contributed by atoms with Gasteiger partial charge in [-0.3, -0.25) is 0 Å². The Hall–Kier alpha value is -2.20. The molecule has 0 fully saturated rings. The summed E-state index contributed by atoms with van der Waals surface area (Å²) in [5.41, 5.74) is 3.04. The molecule has 0 aliphatic heterocycles. The number of rotatable bonds is 4. The molecule has 0 N–H and O–H groups in total. The SMILES string of the molecule is CCCn1c(-c2ccc(F)cc2)csc1=Nc1ccccc1. The first-order chi connectivity index (χ1) is 10.8. The van der Waals surface area contributed by atoms with Crippen molar-refractivity contribution in [3.8, 4) is 11.3 Å². The van der Waals surface area contributed by atoms with Crippen molar-refractivity contribution in [2.75, 3.05) is 0 Å². The van der Waals surface area contributed by atoms with E-state index in [2.05, 4.69) is 16.9 Å². The molecule has 0 radical (unpaired) electrons. The second-order valence-electron chi connectivity index (χ2n) is 5.01. The quantitative estimate of drug-likeness (QED) is 0.645. The maximum Gasteiger partial charge on any atom is 0.190 e. The number of nitrogens with zero attached hydrogens (tertiary/aromatic N) is 2. The van der Waals surface area contributed by atoms with Crippen LogP contribution in [0.5, 0.6) is 0 Å². The van der Waals surface area contributed by atoms with Crippen LogP contribution in [0, 0.1) is 5.82 Å². The lowest BCUT2D eigenvalue weighted by Crippen LogP contribution is -2.15. The fraction of sp³-hybridized carbons (Fsp3) is 0.167. The fourth-order valence-electron chi connectivity index (χ4n) is 2.32. The summed E-state index contributed by atoms with van der Waals surface area (Å²) in [4.78, 5) is 5.70. The van der Waals surface area contributed by atoms with Crippen LogP contribution in [0.15, 0.2) is 65.0 Å². The number of hydrogen-bond acceptors (Lipinski definition) is 2. The Bertz CT molecular complexity index is 801. The molecule has 0 aliphatic rings. The van der Waals surface area contributed by atoms with Crippen LogP contribution in [0.2, 0.25) is 0 Å². The lowest BCUT2D eigenvalue weighted by atomic mass is 10.1. The van der Waals surface area contributed by atoms with E-state index < -0.39 is 0 Å². The third-order valence-electron chi connectivity index (χ3n) is 3.37. The Morgan fingerprint density at radius 2 is 1.77 bits per heavy atom. The minimum atomic E-state index is -0.213. The highest BCUT2D eigenvalue weighted by atomic mass is 32.1. The van der Waals surface area contributed by atoms with Gasteiger partial charge in [-0.1, -0.05) is 25.1 Å². The van der Waals surface area contributed by atoms with Gasteiger partial charge in [-0.05, 0) is 48.4 Å². The van der Waals surface area contributed by atoms with Gasteiger partial charge in [0.05, 0.1) is 11.4 Å². The number of benzene rings is 2. The van der Waals surface area contributed by atoms with Crippen molar-refractivity contribution in [2.45, 2.75) is 19.9 Å². The van der Waals surface area contributed by atoms with Crippen LogP contribution in [-0.4, -0.2) is 4.57 Å². The highest BCUT2D eigenvalue weighted by Crippen LogP contribution is 2.21. The number of para-hydroxylation sites is 1. The third kappa shape index (κ3) is 3.17. The number of thiazole rings is 1. The molecule has 0 saturated carbocycles. The zero-order chi connectivity index (χ0) is 15.4. The molecule has 3 rings (SSSR count). The van der Waals surface area contributed by atoms with E-state index in [9.17, 15) is 4.39 Å². The summed E-state index contributed by atoms with van der Waals surface area (Å²) in [5.74, 6) is -0.213. The first kappa shape index (κ1) is 14.7. The van der Waals surface area contributed by atoms with Gasteiger partial charge in [-0.2, -0.15) is 0 Å². The van der Waals surface area contributed by atoms with E-state index in [1.807, 2.05) is 42.5 Å². The van der Waals surface area contributed by atoms with Gasteiger partial charge in [0.15, 0.2) is 4.80 Å². The van der Waals surface area contributed by atoms with Crippen LogP contribution in [0.4, 0.5) is 10.1 Å². The van der Waals surface area contributed by atoms with Crippen molar-refractivity contribution < 1.29 is 4.39 Å². The summed E-state index contributed by atoms with van der Waals surface area (Å²) < 4.78 is 15.3. The molecule has 2 nitrogen and oxygen atoms in total. The molecule has 4 heteroatoms. The Balaban J connectivity index is 2.09. The molecule has 0 spiro atoms. The van der Waals surface area contributed by atoms with Gasteiger partial charge in [0.2, 0.25) is 0 Å². The van der Waals surface area contributed by atoms with Crippen molar-refractivity contribution in [3.05, 3.63) is 70.6 Å². The first-order valence-electron chi connectivity index (χ1n) is 7.32. The van der Waals surface area contributed by atoms with E-state index in [1.54, 1.807) is 11.3 Å². The number of halogens is 1. The predicted molar refractivity (Wildman–Crippen MR) is 89.7 cm³/mol. The molecule has 112 valence electrons. The normalized spacial score (nSPS) is 11.8. The summed E-state index contributed by atoms with van der Waals surface area (Å²) in [7, 11) is 0. The summed E-state index contributed by atoms with van der Waals surface area (Å²) in [6.45, 7) is 3.04. The number of hydrogen-bond donors (Lipinski definition) is 0. The predicted octanol–water partition coefficient (Wildman–Crippen LogP) is 5.00. The molecule has 0 saturated heterocycles. The van der Waals surface area contributed by atoms with Gasteiger partial charge >= 0.3 is 0 Å². The fourth-order valence-corrected chi connectivity index (χ4v) is 3.28. The topological polar surface area (TPSA) is 17.3 Å².